The van der Waals surface area contributed by atoms with E-state index < -0.39 is 0 Å². The number of nitrogens with zero attached hydrogens (tertiary/aromatic N) is 2. The molecule has 2 amide bonds. The molecule has 1 unspecified atom stereocenters. The summed E-state index contributed by atoms with van der Waals surface area (Å²) < 4.78 is 5.44. The number of likely N-dealkylation sites (N-methyl/N-ethyl adjacent to an activating group) is 1. The first-order chi connectivity index (χ1) is 13.5. The first-order valence-corrected chi connectivity index (χ1v) is 10.4. The maximum atomic E-state index is 12.7. The lowest BCUT2D eigenvalue weighted by Crippen LogP contribution is -3.09. The number of quaternary nitrogens is 1. The number of rotatable bonds is 6. The molecule has 1 aliphatic heterocycles. The molecule has 0 spiro atoms. The van der Waals surface area contributed by atoms with Gasteiger partial charge < -0.3 is 19.4 Å². The van der Waals surface area contributed by atoms with Gasteiger partial charge in [-0.3, -0.25) is 9.59 Å². The topological polar surface area (TPSA) is 54.3 Å². The number of piperazine rings is 1. The first kappa shape index (κ1) is 20.4. The van der Waals surface area contributed by atoms with Crippen LogP contribution in [0.1, 0.15) is 20.8 Å². The number of hydrogen-bond acceptors (Lipinski definition) is 4. The molecule has 0 radical (unpaired) electrons. The molecule has 0 bridgehead atoms. The van der Waals surface area contributed by atoms with E-state index in [9.17, 15) is 9.59 Å². The molecule has 1 N–H and O–H groups in total. The molecule has 0 aliphatic carbocycles. The number of carbonyl (C=O) groups is 2. The van der Waals surface area contributed by atoms with Crippen molar-refractivity contribution in [2.24, 2.45) is 0 Å². The number of hydrogen-bond donors (Lipinski definition) is 1. The number of benzene rings is 1. The molecule has 7 heteroatoms. The van der Waals surface area contributed by atoms with Gasteiger partial charge in [0.05, 0.1) is 19.0 Å². The smallest absolute Gasteiger partial charge is 0.277 e. The minimum Gasteiger partial charge on any atom is -0.496 e. The van der Waals surface area contributed by atoms with Gasteiger partial charge in [0, 0.05) is 31.7 Å². The third-order valence-corrected chi connectivity index (χ3v) is 5.89. The summed E-state index contributed by atoms with van der Waals surface area (Å²) >= 11 is 1.46. The Hall–Kier alpha value is -2.38. The van der Waals surface area contributed by atoms with Crippen molar-refractivity contribution in [3.63, 3.8) is 0 Å². The van der Waals surface area contributed by atoms with Crippen molar-refractivity contribution in [2.75, 3.05) is 46.9 Å². The van der Waals surface area contributed by atoms with Crippen LogP contribution in [0, 0.1) is 6.92 Å². The van der Waals surface area contributed by atoms with E-state index in [4.69, 9.17) is 4.74 Å². The van der Waals surface area contributed by atoms with Crippen LogP contribution < -0.4 is 9.64 Å². The summed E-state index contributed by atoms with van der Waals surface area (Å²) in [6.07, 6.45) is 0. The molecule has 0 saturated carbocycles. The molecule has 2 heterocycles. The molecule has 2 aromatic rings. The van der Waals surface area contributed by atoms with Crippen LogP contribution in [0.4, 0.5) is 0 Å². The fraction of sp³-hybridized carbons (Fsp3) is 0.429. The number of amides is 2. The summed E-state index contributed by atoms with van der Waals surface area (Å²) in [5.41, 5.74) is 2.29. The molecule has 3 rings (SSSR count). The summed E-state index contributed by atoms with van der Waals surface area (Å²) in [7, 11) is 3.70. The highest BCUT2D eigenvalue weighted by atomic mass is 32.1. The van der Waals surface area contributed by atoms with Gasteiger partial charge in [0.2, 0.25) is 0 Å². The van der Waals surface area contributed by atoms with Crippen molar-refractivity contribution in [2.45, 2.75) is 13.5 Å². The number of aryl methyl sites for hydroxylation is 1. The lowest BCUT2D eigenvalue weighted by molar-refractivity contribution is -0.885. The quantitative estimate of drug-likeness (QED) is 0.786. The highest BCUT2D eigenvalue weighted by Gasteiger charge is 2.26. The van der Waals surface area contributed by atoms with Gasteiger partial charge in [0.25, 0.3) is 11.8 Å². The summed E-state index contributed by atoms with van der Waals surface area (Å²) in [6.45, 7) is 5.58. The molecule has 1 atom stereocenters. The summed E-state index contributed by atoms with van der Waals surface area (Å²) in [5.74, 6) is 1.06. The average Bonchev–Trinajstić information content (AvgIpc) is 3.22. The monoisotopic (exact) mass is 402 g/mol. The van der Waals surface area contributed by atoms with Crippen LogP contribution in [0.15, 0.2) is 35.7 Å². The lowest BCUT2D eigenvalue weighted by atomic mass is 10.1. The van der Waals surface area contributed by atoms with Crippen molar-refractivity contribution in [3.8, 4) is 5.75 Å². The fourth-order valence-electron chi connectivity index (χ4n) is 3.52. The molecule has 6 nitrogen and oxygen atoms in total. The minimum atomic E-state index is 0.0661. The summed E-state index contributed by atoms with van der Waals surface area (Å²) in [6, 6.07) is 9.85. The Morgan fingerprint density at radius 3 is 2.50 bits per heavy atom. The third kappa shape index (κ3) is 4.91. The van der Waals surface area contributed by atoms with Crippen molar-refractivity contribution < 1.29 is 19.2 Å². The van der Waals surface area contributed by atoms with Crippen LogP contribution >= 0.6 is 11.3 Å². The van der Waals surface area contributed by atoms with Crippen LogP contribution in [-0.2, 0) is 11.3 Å². The third-order valence-electron chi connectivity index (χ3n) is 5.03. The Labute approximate surface area is 170 Å². The first-order valence-electron chi connectivity index (χ1n) is 9.53. The SMILES string of the molecule is COc1ccc(C)cc1C[NH+](C)CC(=O)N1CCN(C(=O)c2cccs2)CC1. The maximum Gasteiger partial charge on any atom is 0.277 e. The molecule has 1 aromatic carbocycles. The van der Waals surface area contributed by atoms with Crippen LogP contribution in [0.3, 0.4) is 0 Å². The van der Waals surface area contributed by atoms with Gasteiger partial charge in [-0.05, 0) is 30.5 Å². The van der Waals surface area contributed by atoms with Crippen LogP contribution in [0.5, 0.6) is 5.75 Å². The fourth-order valence-corrected chi connectivity index (χ4v) is 4.21. The van der Waals surface area contributed by atoms with Gasteiger partial charge in [-0.15, -0.1) is 11.3 Å². The number of nitrogens with one attached hydrogen (secondary N) is 1. The predicted octanol–water partition coefficient (Wildman–Crippen LogP) is 1.06. The Balaban J connectivity index is 1.50. The van der Waals surface area contributed by atoms with E-state index in [2.05, 4.69) is 13.0 Å². The number of methoxy groups -OCH3 is 1. The number of thiophene rings is 1. The van der Waals surface area contributed by atoms with E-state index in [0.29, 0.717) is 32.7 Å². The minimum absolute atomic E-state index is 0.0661. The molecule has 1 saturated heterocycles. The summed E-state index contributed by atoms with van der Waals surface area (Å²) in [4.78, 5) is 30.7. The van der Waals surface area contributed by atoms with Crippen molar-refractivity contribution >= 4 is 23.2 Å². The van der Waals surface area contributed by atoms with Gasteiger partial charge in [-0.25, -0.2) is 0 Å². The van der Waals surface area contributed by atoms with Crippen LogP contribution in [0.2, 0.25) is 0 Å². The molecule has 1 fully saturated rings. The Kier molecular flexibility index (Phi) is 6.70. The number of ether oxygens (including phenoxy) is 1. The van der Waals surface area contributed by atoms with E-state index >= 15 is 0 Å². The van der Waals surface area contributed by atoms with Gasteiger partial charge in [-0.2, -0.15) is 0 Å². The van der Waals surface area contributed by atoms with E-state index in [0.717, 1.165) is 27.6 Å². The van der Waals surface area contributed by atoms with Crippen LogP contribution in [-0.4, -0.2) is 68.5 Å². The second kappa shape index (κ2) is 9.21. The highest BCUT2D eigenvalue weighted by molar-refractivity contribution is 7.12. The summed E-state index contributed by atoms with van der Waals surface area (Å²) in [5, 5.41) is 1.91. The largest absolute Gasteiger partial charge is 0.496 e. The Bertz CT molecular complexity index is 814. The second-order valence-electron chi connectivity index (χ2n) is 7.28. The van der Waals surface area contributed by atoms with Gasteiger partial charge >= 0.3 is 0 Å². The van der Waals surface area contributed by atoms with Gasteiger partial charge in [-0.1, -0.05) is 17.7 Å². The predicted molar refractivity (Wildman–Crippen MR) is 110 cm³/mol. The maximum absolute atomic E-state index is 12.7. The molecule has 28 heavy (non-hydrogen) atoms. The normalized spacial score (nSPS) is 15.4. The van der Waals surface area contributed by atoms with E-state index in [-0.39, 0.29) is 11.8 Å². The van der Waals surface area contributed by atoms with E-state index in [1.54, 1.807) is 7.11 Å². The zero-order valence-electron chi connectivity index (χ0n) is 16.7. The Morgan fingerprint density at radius 1 is 1.14 bits per heavy atom. The zero-order valence-corrected chi connectivity index (χ0v) is 17.6. The molecular weight excluding hydrogens is 374 g/mol. The zero-order chi connectivity index (χ0) is 20.1. The Morgan fingerprint density at radius 2 is 1.86 bits per heavy atom. The molecule has 1 aliphatic rings. The molecule has 150 valence electrons. The van der Waals surface area contributed by atoms with E-state index in [1.807, 2.05) is 46.5 Å². The molecule has 1 aromatic heterocycles. The standard InChI is InChI=1S/C21H27N3O3S/c1-16-6-7-18(27-3)17(13-16)14-22(2)15-20(25)23-8-10-24(11-9-23)21(26)19-5-4-12-28-19/h4-7,12-13H,8-11,14-15H2,1-3H3/p+1. The van der Waals surface area contributed by atoms with Crippen molar-refractivity contribution in [1.29, 1.82) is 0 Å². The second-order valence-corrected chi connectivity index (χ2v) is 8.22. The number of carbonyl (C=O) groups excluding carboxylic acids is 2. The molecular formula is C21H28N3O3S+. The van der Waals surface area contributed by atoms with E-state index in [1.165, 1.54) is 16.9 Å². The van der Waals surface area contributed by atoms with Crippen molar-refractivity contribution in [1.82, 2.24) is 9.80 Å². The highest BCUT2D eigenvalue weighted by Crippen LogP contribution is 2.18. The van der Waals surface area contributed by atoms with Gasteiger partial charge in [0.15, 0.2) is 6.54 Å². The van der Waals surface area contributed by atoms with Crippen molar-refractivity contribution in [3.05, 3.63) is 51.7 Å². The average molecular weight is 403 g/mol. The van der Waals surface area contributed by atoms with Crippen LogP contribution in [0.25, 0.3) is 0 Å². The van der Waals surface area contributed by atoms with Gasteiger partial charge in [0.1, 0.15) is 12.3 Å². The lowest BCUT2D eigenvalue weighted by Gasteiger charge is -2.34.